The van der Waals surface area contributed by atoms with E-state index in [1.807, 2.05) is 0 Å². The zero-order chi connectivity index (χ0) is 14.1. The van der Waals surface area contributed by atoms with E-state index in [1.54, 1.807) is 23.1 Å². The second kappa shape index (κ2) is 5.41. The lowest BCUT2D eigenvalue weighted by Gasteiger charge is -2.19. The lowest BCUT2D eigenvalue weighted by molar-refractivity contribution is -0.117. The van der Waals surface area contributed by atoms with Gasteiger partial charge in [0.25, 0.3) is 0 Å². The molecule has 1 fully saturated rings. The summed E-state index contributed by atoms with van der Waals surface area (Å²) in [6.45, 7) is 0.632. The van der Waals surface area contributed by atoms with Crippen LogP contribution in [0.3, 0.4) is 0 Å². The van der Waals surface area contributed by atoms with E-state index in [-0.39, 0.29) is 11.8 Å². The van der Waals surface area contributed by atoms with Gasteiger partial charge < -0.3 is 4.90 Å². The normalized spacial score (nSPS) is 18.8. The van der Waals surface area contributed by atoms with Crippen LogP contribution >= 0.6 is 24.2 Å². The van der Waals surface area contributed by atoms with Crippen molar-refractivity contribution in [3.05, 3.63) is 23.2 Å². The molecule has 1 unspecified atom stereocenters. The third kappa shape index (κ3) is 2.38. The molecule has 0 aliphatic carbocycles. The van der Waals surface area contributed by atoms with Crippen LogP contribution in [0.2, 0.25) is 5.02 Å². The molecule has 3 rings (SSSR count). The van der Waals surface area contributed by atoms with Gasteiger partial charge in [-0.2, -0.15) is 17.8 Å². The molecule has 2 heterocycles. The fourth-order valence-corrected chi connectivity index (χ4v) is 2.74. The zero-order valence-electron chi connectivity index (χ0n) is 10.5. The summed E-state index contributed by atoms with van der Waals surface area (Å²) < 4.78 is 0. The Kier molecular flexibility index (Phi) is 3.62. The van der Waals surface area contributed by atoms with Gasteiger partial charge in [-0.05, 0) is 35.1 Å². The third-order valence-electron chi connectivity index (χ3n) is 3.30. The Morgan fingerprint density at radius 2 is 2.35 bits per heavy atom. The highest BCUT2D eigenvalue weighted by Crippen LogP contribution is 2.35. The number of hydrogen-bond acceptors (Lipinski definition) is 5. The number of aromatic nitrogens is 4. The summed E-state index contributed by atoms with van der Waals surface area (Å²) in [5, 5.41) is 14.5. The maximum absolute atomic E-state index is 12.2. The molecule has 2 aromatic rings. The van der Waals surface area contributed by atoms with Crippen molar-refractivity contribution in [1.82, 2.24) is 20.6 Å². The summed E-state index contributed by atoms with van der Waals surface area (Å²) >= 11 is 10.3. The topological polar surface area (TPSA) is 74.8 Å². The van der Waals surface area contributed by atoms with Gasteiger partial charge in [0.15, 0.2) is 0 Å². The molecule has 1 atom stereocenters. The van der Waals surface area contributed by atoms with Gasteiger partial charge in [0.2, 0.25) is 11.7 Å². The summed E-state index contributed by atoms with van der Waals surface area (Å²) in [7, 11) is 0. The number of thiol groups is 1. The molecule has 0 saturated carbocycles. The van der Waals surface area contributed by atoms with Crippen LogP contribution in [0, 0.1) is 5.92 Å². The highest BCUT2D eigenvalue weighted by atomic mass is 35.5. The minimum Gasteiger partial charge on any atom is -0.311 e. The molecule has 1 aliphatic heterocycles. The summed E-state index contributed by atoms with van der Waals surface area (Å²) in [4.78, 5) is 13.9. The second-order valence-corrected chi connectivity index (χ2v) is 5.46. The Bertz CT molecular complexity index is 633. The minimum atomic E-state index is 0.0658. The van der Waals surface area contributed by atoms with Crippen molar-refractivity contribution in [2.75, 3.05) is 17.2 Å². The van der Waals surface area contributed by atoms with Gasteiger partial charge in [-0.1, -0.05) is 11.6 Å². The first kappa shape index (κ1) is 13.4. The molecule has 1 aromatic heterocycles. The highest BCUT2D eigenvalue weighted by molar-refractivity contribution is 7.80. The van der Waals surface area contributed by atoms with E-state index in [9.17, 15) is 4.79 Å². The minimum absolute atomic E-state index is 0.0658. The third-order valence-corrected chi connectivity index (χ3v) is 4.05. The first-order chi connectivity index (χ1) is 9.69. The zero-order valence-corrected chi connectivity index (χ0v) is 12.1. The average molecular weight is 310 g/mol. The van der Waals surface area contributed by atoms with E-state index in [0.717, 1.165) is 5.56 Å². The van der Waals surface area contributed by atoms with Crippen LogP contribution in [-0.2, 0) is 4.79 Å². The second-order valence-electron chi connectivity index (χ2n) is 4.65. The molecule has 1 saturated heterocycles. The van der Waals surface area contributed by atoms with Gasteiger partial charge >= 0.3 is 0 Å². The molecule has 0 bridgehead atoms. The molecule has 6 nitrogen and oxygen atoms in total. The molecule has 0 spiro atoms. The molecule has 8 heteroatoms. The van der Waals surface area contributed by atoms with Gasteiger partial charge in [-0.25, -0.2) is 0 Å². The lowest BCUT2D eigenvalue weighted by atomic mass is 10.1. The van der Waals surface area contributed by atoms with Gasteiger partial charge in [0, 0.05) is 23.6 Å². The number of carbonyl (C=O) groups excluding carboxylic acids is 1. The quantitative estimate of drug-likeness (QED) is 0.848. The summed E-state index contributed by atoms with van der Waals surface area (Å²) in [6.07, 6.45) is 0.502. The number of anilines is 1. The van der Waals surface area contributed by atoms with E-state index in [0.29, 0.717) is 35.3 Å². The highest BCUT2D eigenvalue weighted by Gasteiger charge is 2.31. The molecule has 1 aliphatic rings. The number of tetrazole rings is 1. The van der Waals surface area contributed by atoms with E-state index in [1.165, 1.54) is 0 Å². The van der Waals surface area contributed by atoms with Crippen molar-refractivity contribution in [2.24, 2.45) is 5.92 Å². The van der Waals surface area contributed by atoms with Crippen LogP contribution in [0.25, 0.3) is 11.4 Å². The molecule has 0 radical (unpaired) electrons. The van der Waals surface area contributed by atoms with Gasteiger partial charge in [-0.3, -0.25) is 4.79 Å². The number of carbonyl (C=O) groups is 1. The molecule has 1 amide bonds. The van der Waals surface area contributed by atoms with E-state index in [2.05, 4.69) is 33.3 Å². The molecular formula is C12H12ClN5OS. The standard InChI is InChI=1S/C12H12ClN5OS/c13-8-1-2-9(12-14-16-17-15-12)10(4-8)18-5-7(6-20)3-11(18)19/h1-2,4,7,20H,3,5-6H2,(H,14,15,16,17). The number of hydrogen-bond donors (Lipinski definition) is 2. The van der Waals surface area contributed by atoms with E-state index < -0.39 is 0 Å². The number of halogens is 1. The Morgan fingerprint density at radius 3 is 3.00 bits per heavy atom. The number of rotatable bonds is 3. The van der Waals surface area contributed by atoms with Crippen molar-refractivity contribution in [3.8, 4) is 11.4 Å². The van der Waals surface area contributed by atoms with Crippen LogP contribution in [0.4, 0.5) is 5.69 Å². The van der Waals surface area contributed by atoms with Crippen molar-refractivity contribution in [1.29, 1.82) is 0 Å². The Morgan fingerprint density at radius 1 is 1.50 bits per heavy atom. The van der Waals surface area contributed by atoms with Crippen molar-refractivity contribution in [2.45, 2.75) is 6.42 Å². The van der Waals surface area contributed by atoms with Crippen LogP contribution in [0.1, 0.15) is 6.42 Å². The number of nitrogens with one attached hydrogen (secondary N) is 1. The number of benzene rings is 1. The van der Waals surface area contributed by atoms with Crippen LogP contribution in [-0.4, -0.2) is 38.8 Å². The fraction of sp³-hybridized carbons (Fsp3) is 0.333. The fourth-order valence-electron chi connectivity index (χ4n) is 2.33. The largest absolute Gasteiger partial charge is 0.311 e. The summed E-state index contributed by atoms with van der Waals surface area (Å²) in [6, 6.07) is 5.29. The summed E-state index contributed by atoms with van der Waals surface area (Å²) in [5.74, 6) is 1.44. The first-order valence-electron chi connectivity index (χ1n) is 6.13. The van der Waals surface area contributed by atoms with Crippen LogP contribution in [0.5, 0.6) is 0 Å². The van der Waals surface area contributed by atoms with E-state index >= 15 is 0 Å². The molecule has 1 aromatic carbocycles. The molecule has 1 N–H and O–H groups in total. The van der Waals surface area contributed by atoms with Gasteiger partial charge in [0.05, 0.1) is 5.69 Å². The smallest absolute Gasteiger partial charge is 0.227 e. The van der Waals surface area contributed by atoms with Crippen molar-refractivity contribution < 1.29 is 4.79 Å². The lowest BCUT2D eigenvalue weighted by Crippen LogP contribution is -2.25. The predicted molar refractivity (Wildman–Crippen MR) is 78.9 cm³/mol. The maximum atomic E-state index is 12.2. The predicted octanol–water partition coefficient (Wildman–Crippen LogP) is 1.80. The number of amides is 1. The molecular weight excluding hydrogens is 298 g/mol. The van der Waals surface area contributed by atoms with Crippen LogP contribution in [0.15, 0.2) is 18.2 Å². The van der Waals surface area contributed by atoms with Crippen molar-refractivity contribution >= 4 is 35.8 Å². The number of aromatic amines is 1. The monoisotopic (exact) mass is 309 g/mol. The van der Waals surface area contributed by atoms with Crippen LogP contribution < -0.4 is 4.90 Å². The molecule has 104 valence electrons. The van der Waals surface area contributed by atoms with E-state index in [4.69, 9.17) is 11.6 Å². The van der Waals surface area contributed by atoms with Gasteiger partial charge in [-0.15, -0.1) is 10.2 Å². The molecule has 20 heavy (non-hydrogen) atoms. The number of nitrogens with zero attached hydrogens (tertiary/aromatic N) is 4. The maximum Gasteiger partial charge on any atom is 0.227 e. The Hall–Kier alpha value is -1.60. The van der Waals surface area contributed by atoms with Crippen molar-refractivity contribution in [3.63, 3.8) is 0 Å². The first-order valence-corrected chi connectivity index (χ1v) is 7.14. The average Bonchev–Trinajstić information content (AvgIpc) is 3.07. The Balaban J connectivity index is 2.04. The number of H-pyrrole nitrogens is 1. The SMILES string of the molecule is O=C1CC(CS)CN1c1cc(Cl)ccc1-c1nn[nH]n1. The summed E-state index contributed by atoms with van der Waals surface area (Å²) in [5.41, 5.74) is 1.45. The Labute approximate surface area is 125 Å². The van der Waals surface area contributed by atoms with Gasteiger partial charge in [0.1, 0.15) is 0 Å².